The summed E-state index contributed by atoms with van der Waals surface area (Å²) in [5.74, 6) is 0.211. The van der Waals surface area contributed by atoms with E-state index >= 15 is 0 Å². The predicted octanol–water partition coefficient (Wildman–Crippen LogP) is 3.05. The van der Waals surface area contributed by atoms with E-state index in [1.165, 1.54) is 0 Å². The van der Waals surface area contributed by atoms with Crippen LogP contribution in [0.1, 0.15) is 33.3 Å². The van der Waals surface area contributed by atoms with E-state index < -0.39 is 6.09 Å². The van der Waals surface area contributed by atoms with Crippen molar-refractivity contribution in [3.05, 3.63) is 29.8 Å². The van der Waals surface area contributed by atoms with E-state index in [1.54, 1.807) is 24.3 Å². The van der Waals surface area contributed by atoms with E-state index in [0.717, 1.165) is 5.56 Å². The molecule has 18 heavy (non-hydrogen) atoms. The van der Waals surface area contributed by atoms with Gasteiger partial charge in [0.05, 0.1) is 0 Å². The third kappa shape index (κ3) is 4.65. The van der Waals surface area contributed by atoms with Crippen molar-refractivity contribution in [3.63, 3.8) is 0 Å². The Balaban J connectivity index is 2.40. The normalized spacial score (nSPS) is 12.9. The van der Waals surface area contributed by atoms with E-state index in [4.69, 9.17) is 9.84 Å². The molecule has 0 saturated carbocycles. The highest BCUT2D eigenvalue weighted by atomic mass is 16.6. The van der Waals surface area contributed by atoms with Gasteiger partial charge in [0.15, 0.2) is 0 Å². The number of rotatable bonds is 3. The molecule has 2 N–H and O–H groups in total. The first-order chi connectivity index (χ1) is 8.29. The fourth-order valence-corrected chi connectivity index (χ4v) is 1.17. The molecule has 1 amide bonds. The SMILES string of the molecule is CC(OC(=O)NCc1ccc(O)cc1)C(C)(C)C. The standard InChI is InChI=1S/C14H21NO3/c1-10(14(2,3)4)18-13(17)15-9-11-5-7-12(16)8-6-11/h5-8,10,16H,9H2,1-4H3,(H,15,17). The quantitative estimate of drug-likeness (QED) is 0.868. The number of alkyl carbamates (subject to hydrolysis) is 1. The summed E-state index contributed by atoms with van der Waals surface area (Å²) >= 11 is 0. The van der Waals surface area contributed by atoms with E-state index in [2.05, 4.69) is 5.32 Å². The number of phenols is 1. The lowest BCUT2D eigenvalue weighted by atomic mass is 9.90. The molecule has 1 aromatic carbocycles. The maximum atomic E-state index is 11.6. The Bertz CT molecular complexity index is 392. The summed E-state index contributed by atoms with van der Waals surface area (Å²) in [6.45, 7) is 8.32. The number of carbonyl (C=O) groups excluding carboxylic acids is 1. The maximum absolute atomic E-state index is 11.6. The minimum absolute atomic E-state index is 0.0735. The third-order valence-corrected chi connectivity index (χ3v) is 2.88. The molecule has 0 saturated heterocycles. The number of hydrogen-bond acceptors (Lipinski definition) is 3. The molecule has 0 bridgehead atoms. The molecule has 0 aliphatic rings. The second-order valence-corrected chi connectivity index (χ2v) is 5.43. The maximum Gasteiger partial charge on any atom is 0.407 e. The number of hydrogen-bond donors (Lipinski definition) is 2. The molecule has 4 nitrogen and oxygen atoms in total. The van der Waals surface area contributed by atoms with Gasteiger partial charge in [-0.1, -0.05) is 32.9 Å². The zero-order valence-electron chi connectivity index (χ0n) is 11.4. The Morgan fingerprint density at radius 1 is 1.33 bits per heavy atom. The Morgan fingerprint density at radius 3 is 2.39 bits per heavy atom. The molecule has 0 radical (unpaired) electrons. The smallest absolute Gasteiger partial charge is 0.407 e. The summed E-state index contributed by atoms with van der Waals surface area (Å²) in [4.78, 5) is 11.6. The van der Waals surface area contributed by atoms with Gasteiger partial charge in [-0.05, 0) is 30.0 Å². The van der Waals surface area contributed by atoms with Crippen LogP contribution in [-0.4, -0.2) is 17.3 Å². The summed E-state index contributed by atoms with van der Waals surface area (Å²) in [6.07, 6.45) is -0.581. The molecule has 0 aliphatic heterocycles. The van der Waals surface area contributed by atoms with Crippen LogP contribution < -0.4 is 5.32 Å². The van der Waals surface area contributed by atoms with Crippen molar-refractivity contribution in [2.75, 3.05) is 0 Å². The lowest BCUT2D eigenvalue weighted by molar-refractivity contribution is 0.0435. The van der Waals surface area contributed by atoms with Crippen LogP contribution in [-0.2, 0) is 11.3 Å². The average Bonchev–Trinajstić information content (AvgIpc) is 2.27. The van der Waals surface area contributed by atoms with Gasteiger partial charge < -0.3 is 15.2 Å². The number of aromatic hydroxyl groups is 1. The molecular weight excluding hydrogens is 230 g/mol. The molecule has 1 aromatic rings. The summed E-state index contributed by atoms with van der Waals surface area (Å²) in [6, 6.07) is 6.67. The summed E-state index contributed by atoms with van der Waals surface area (Å²) in [5, 5.41) is 11.8. The first kappa shape index (κ1) is 14.4. The number of nitrogens with one attached hydrogen (secondary N) is 1. The molecule has 0 fully saturated rings. The minimum Gasteiger partial charge on any atom is -0.508 e. The zero-order valence-corrected chi connectivity index (χ0v) is 11.4. The third-order valence-electron chi connectivity index (χ3n) is 2.88. The van der Waals surface area contributed by atoms with Crippen LogP contribution in [0.5, 0.6) is 5.75 Å². The van der Waals surface area contributed by atoms with Crippen LogP contribution in [0.3, 0.4) is 0 Å². The van der Waals surface area contributed by atoms with Gasteiger partial charge in [-0.3, -0.25) is 0 Å². The van der Waals surface area contributed by atoms with Crippen molar-refractivity contribution in [2.24, 2.45) is 5.41 Å². The molecule has 1 atom stereocenters. The highest BCUT2D eigenvalue weighted by molar-refractivity contribution is 5.67. The highest BCUT2D eigenvalue weighted by Crippen LogP contribution is 2.21. The van der Waals surface area contributed by atoms with E-state index in [9.17, 15) is 4.79 Å². The van der Waals surface area contributed by atoms with Gasteiger partial charge in [0.1, 0.15) is 11.9 Å². The van der Waals surface area contributed by atoms with Crippen molar-refractivity contribution in [1.82, 2.24) is 5.32 Å². The van der Waals surface area contributed by atoms with Crippen LogP contribution in [0.15, 0.2) is 24.3 Å². The van der Waals surface area contributed by atoms with Crippen molar-refractivity contribution in [3.8, 4) is 5.75 Å². The molecule has 0 aliphatic carbocycles. The molecule has 1 unspecified atom stereocenters. The molecule has 100 valence electrons. The van der Waals surface area contributed by atoms with Crippen LogP contribution >= 0.6 is 0 Å². The molecule has 4 heteroatoms. The summed E-state index contributed by atoms with van der Waals surface area (Å²) < 4.78 is 5.26. The van der Waals surface area contributed by atoms with Crippen LogP contribution in [0, 0.1) is 5.41 Å². The molecular formula is C14H21NO3. The van der Waals surface area contributed by atoms with Crippen LogP contribution in [0.25, 0.3) is 0 Å². The number of phenolic OH excluding ortho intramolecular Hbond substituents is 1. The lowest BCUT2D eigenvalue weighted by Gasteiger charge is -2.26. The Kier molecular flexibility index (Phi) is 4.59. The number of carbonyl (C=O) groups is 1. The first-order valence-corrected chi connectivity index (χ1v) is 6.01. The predicted molar refractivity (Wildman–Crippen MR) is 70.3 cm³/mol. The van der Waals surface area contributed by atoms with Gasteiger partial charge in [-0.25, -0.2) is 4.79 Å². The monoisotopic (exact) mass is 251 g/mol. The largest absolute Gasteiger partial charge is 0.508 e. The van der Waals surface area contributed by atoms with Crippen LogP contribution in [0.4, 0.5) is 4.79 Å². The van der Waals surface area contributed by atoms with Crippen molar-refractivity contribution in [1.29, 1.82) is 0 Å². The van der Waals surface area contributed by atoms with Gasteiger partial charge in [0, 0.05) is 6.54 Å². The number of amides is 1. The Labute approximate surface area is 108 Å². The number of ether oxygens (including phenoxy) is 1. The lowest BCUT2D eigenvalue weighted by Crippen LogP contribution is -2.33. The summed E-state index contributed by atoms with van der Waals surface area (Å²) in [5.41, 5.74) is 0.837. The Morgan fingerprint density at radius 2 is 1.89 bits per heavy atom. The first-order valence-electron chi connectivity index (χ1n) is 6.01. The topological polar surface area (TPSA) is 58.6 Å². The van der Waals surface area contributed by atoms with Crippen molar-refractivity contribution >= 4 is 6.09 Å². The van der Waals surface area contributed by atoms with Gasteiger partial charge in [-0.15, -0.1) is 0 Å². The molecule has 1 rings (SSSR count). The van der Waals surface area contributed by atoms with Crippen molar-refractivity contribution < 1.29 is 14.6 Å². The van der Waals surface area contributed by atoms with Crippen LogP contribution in [0.2, 0.25) is 0 Å². The number of benzene rings is 1. The van der Waals surface area contributed by atoms with E-state index in [-0.39, 0.29) is 17.3 Å². The second kappa shape index (κ2) is 5.76. The van der Waals surface area contributed by atoms with Crippen molar-refractivity contribution in [2.45, 2.75) is 40.3 Å². The zero-order chi connectivity index (χ0) is 13.8. The Hall–Kier alpha value is -1.71. The van der Waals surface area contributed by atoms with Gasteiger partial charge in [0.25, 0.3) is 0 Å². The highest BCUT2D eigenvalue weighted by Gasteiger charge is 2.23. The van der Waals surface area contributed by atoms with Gasteiger partial charge >= 0.3 is 6.09 Å². The fraction of sp³-hybridized carbons (Fsp3) is 0.500. The van der Waals surface area contributed by atoms with E-state index in [0.29, 0.717) is 6.54 Å². The average molecular weight is 251 g/mol. The van der Waals surface area contributed by atoms with E-state index in [1.807, 2.05) is 27.7 Å². The summed E-state index contributed by atoms with van der Waals surface area (Å²) in [7, 11) is 0. The van der Waals surface area contributed by atoms with Gasteiger partial charge in [-0.2, -0.15) is 0 Å². The molecule has 0 heterocycles. The second-order valence-electron chi connectivity index (χ2n) is 5.43. The fourth-order valence-electron chi connectivity index (χ4n) is 1.17. The van der Waals surface area contributed by atoms with Gasteiger partial charge in [0.2, 0.25) is 0 Å². The molecule has 0 aromatic heterocycles. The minimum atomic E-state index is -0.425. The molecule has 0 spiro atoms.